The van der Waals surface area contributed by atoms with E-state index in [1.54, 1.807) is 0 Å². The van der Waals surface area contributed by atoms with Gasteiger partial charge >= 0.3 is 23.9 Å². The fourth-order valence-electron chi connectivity index (χ4n) is 0.919. The predicted molar refractivity (Wildman–Crippen MR) is 52.4 cm³/mol. The van der Waals surface area contributed by atoms with Crippen LogP contribution in [0.4, 0.5) is 35.9 Å². The maximum Gasteiger partial charge on any atom is 0.434 e. The number of likely N-dealkylation sites (tertiary alicyclic amines) is 1. The van der Waals surface area contributed by atoms with Crippen molar-refractivity contribution in [1.82, 2.24) is 4.90 Å². The number of carboxylic acid groups (broad SMARTS) is 1. The molecule has 1 heterocycles. The zero-order valence-electron chi connectivity index (χ0n) is 9.46. The molecule has 1 amide bonds. The van der Waals surface area contributed by atoms with Gasteiger partial charge in [0.1, 0.15) is 0 Å². The molecule has 0 aromatic rings. The molecule has 0 spiro atoms. The molecule has 1 aliphatic heterocycles. The maximum absolute atomic E-state index is 11.5. The molecule has 0 saturated carbocycles. The average molecular weight is 332 g/mol. The summed E-state index contributed by atoms with van der Waals surface area (Å²) >= 11 is 4.22. The van der Waals surface area contributed by atoms with E-state index in [-0.39, 0.29) is 0 Å². The van der Waals surface area contributed by atoms with E-state index in [1.165, 1.54) is 4.90 Å². The van der Waals surface area contributed by atoms with Crippen LogP contribution in [0.15, 0.2) is 0 Å². The molecular weight excluding hydrogens is 324 g/mol. The lowest BCUT2D eigenvalue weighted by Gasteiger charge is -2.27. The van der Waals surface area contributed by atoms with Crippen molar-refractivity contribution in [2.24, 2.45) is 0 Å². The summed E-state index contributed by atoms with van der Waals surface area (Å²) in [6.07, 6.45) is -15.4. The maximum atomic E-state index is 11.5. The summed E-state index contributed by atoms with van der Waals surface area (Å²) in [6.45, 7) is 1.46. The number of nitrogens with zero attached hydrogens (tertiary/aromatic N) is 1. The lowest BCUT2D eigenvalue weighted by molar-refractivity contribution is -0.305. The number of amides is 1. The van der Waals surface area contributed by atoms with Gasteiger partial charge in [-0.2, -0.15) is 26.3 Å². The van der Waals surface area contributed by atoms with E-state index in [9.17, 15) is 35.9 Å². The molecule has 0 bridgehead atoms. The van der Waals surface area contributed by atoms with Gasteiger partial charge in [0, 0.05) is 24.7 Å². The van der Waals surface area contributed by atoms with Crippen LogP contribution in [0.2, 0.25) is 0 Å². The number of carbonyl (C=O) groups is 2. The van der Waals surface area contributed by atoms with E-state index in [4.69, 9.17) is 5.11 Å². The quantitative estimate of drug-likeness (QED) is 0.592. The van der Waals surface area contributed by atoms with Crippen LogP contribution in [0.25, 0.3) is 0 Å². The molecule has 1 N–H and O–H groups in total. The van der Waals surface area contributed by atoms with Gasteiger partial charge in [0.2, 0.25) is 0 Å². The third-order valence-electron chi connectivity index (χ3n) is 1.93. The minimum Gasteiger partial charge on any atom is -0.465 e. The van der Waals surface area contributed by atoms with E-state index in [2.05, 4.69) is 16.3 Å². The normalized spacial score (nSPS) is 15.1. The van der Waals surface area contributed by atoms with E-state index >= 15 is 0 Å². The van der Waals surface area contributed by atoms with Crippen molar-refractivity contribution in [2.45, 2.75) is 24.9 Å². The molecule has 0 unspecified atom stereocenters. The Balaban J connectivity index is 0.000000428. The molecule has 0 aromatic carbocycles. The number of rotatable bonds is 1. The van der Waals surface area contributed by atoms with Gasteiger partial charge in [0.05, 0.1) is 0 Å². The van der Waals surface area contributed by atoms with Crippen molar-refractivity contribution < 1.29 is 45.8 Å². The Morgan fingerprint density at radius 3 is 1.55 bits per heavy atom. The third-order valence-corrected chi connectivity index (χ3v) is 2.02. The first kappa shape index (κ1) is 18.6. The van der Waals surface area contributed by atoms with Gasteiger partial charge in [0.15, 0.2) is 0 Å². The number of hydrogen-bond acceptors (Lipinski definition) is 3. The molecule has 1 rings (SSSR count). The number of hydrogen-bond donors (Lipinski definition) is 1. The second-order valence-electron chi connectivity index (χ2n) is 3.44. The summed E-state index contributed by atoms with van der Waals surface area (Å²) < 4.78 is 72.0. The summed E-state index contributed by atoms with van der Waals surface area (Å²) in [5.41, 5.74) is -2.17. The van der Waals surface area contributed by atoms with Crippen molar-refractivity contribution >= 4 is 23.1 Å². The molecular formula is C8H8ClF6NO4. The van der Waals surface area contributed by atoms with Gasteiger partial charge < -0.3 is 14.7 Å². The van der Waals surface area contributed by atoms with Crippen LogP contribution in [-0.2, 0) is 4.74 Å². The third kappa shape index (κ3) is 6.68. The number of ether oxygens (including phenoxy) is 1. The fourth-order valence-corrected chi connectivity index (χ4v) is 1.01. The first-order valence-corrected chi connectivity index (χ1v) is 5.21. The Hall–Kier alpha value is -1.39. The lowest BCUT2D eigenvalue weighted by Crippen LogP contribution is -2.44. The zero-order valence-corrected chi connectivity index (χ0v) is 10.2. The molecule has 118 valence electrons. The van der Waals surface area contributed by atoms with E-state index in [0.29, 0.717) is 0 Å². The number of halogens is 7. The Morgan fingerprint density at radius 2 is 1.50 bits per heavy atom. The smallest absolute Gasteiger partial charge is 0.434 e. The Kier molecular flexibility index (Phi) is 6.38. The summed E-state index contributed by atoms with van der Waals surface area (Å²) in [5.74, 6) is 0. The molecule has 1 saturated heterocycles. The summed E-state index contributed by atoms with van der Waals surface area (Å²) in [4.78, 5) is 21.0. The highest BCUT2D eigenvalue weighted by atomic mass is 35.5. The van der Waals surface area contributed by atoms with Crippen LogP contribution in [0.1, 0.15) is 6.42 Å². The summed E-state index contributed by atoms with van der Waals surface area (Å²) in [6, 6.07) is 0. The highest BCUT2D eigenvalue weighted by Crippen LogP contribution is 2.35. The Bertz CT molecular complexity index is 340. The van der Waals surface area contributed by atoms with E-state index in [0.717, 1.165) is 19.5 Å². The number of carbonyl (C=O) groups excluding carboxylic acids is 1. The van der Waals surface area contributed by atoms with Crippen molar-refractivity contribution in [3.05, 3.63) is 0 Å². The van der Waals surface area contributed by atoms with E-state index in [1.807, 2.05) is 0 Å². The van der Waals surface area contributed by atoms with Gasteiger partial charge in [-0.05, 0) is 6.42 Å². The molecule has 0 atom stereocenters. The molecule has 5 nitrogen and oxygen atoms in total. The van der Waals surface area contributed by atoms with Gasteiger partial charge in [-0.1, -0.05) is 0 Å². The van der Waals surface area contributed by atoms with Crippen molar-refractivity contribution in [3.8, 4) is 0 Å². The first-order chi connectivity index (χ1) is 8.85. The van der Waals surface area contributed by atoms with Gasteiger partial charge in [-0.15, -0.1) is 0 Å². The van der Waals surface area contributed by atoms with Crippen LogP contribution in [0.3, 0.4) is 0 Å². The van der Waals surface area contributed by atoms with Crippen LogP contribution < -0.4 is 0 Å². The van der Waals surface area contributed by atoms with Gasteiger partial charge in [-0.3, -0.25) is 0 Å². The van der Waals surface area contributed by atoms with E-state index < -0.39 is 30.0 Å². The van der Waals surface area contributed by atoms with Crippen molar-refractivity contribution in [2.75, 3.05) is 13.1 Å². The topological polar surface area (TPSA) is 66.8 Å². The molecule has 1 fully saturated rings. The highest BCUT2D eigenvalue weighted by Gasteiger charge is 2.59. The lowest BCUT2D eigenvalue weighted by atomic mass is 10.2. The van der Waals surface area contributed by atoms with Crippen molar-refractivity contribution in [1.29, 1.82) is 0 Å². The molecule has 12 heteroatoms. The summed E-state index contributed by atoms with van der Waals surface area (Å²) in [5, 5.41) is 8.16. The monoisotopic (exact) mass is 331 g/mol. The zero-order chi connectivity index (χ0) is 16.1. The second-order valence-corrected chi connectivity index (χ2v) is 3.75. The minimum absolute atomic E-state index is 0.731. The SMILES string of the molecule is O=C(Cl)OC(C(F)(F)F)C(F)(F)F.O=C(O)N1CCC1. The summed E-state index contributed by atoms with van der Waals surface area (Å²) in [7, 11) is 0. The molecule has 0 aromatic heterocycles. The van der Waals surface area contributed by atoms with Crippen LogP contribution >= 0.6 is 11.6 Å². The Morgan fingerprint density at radius 1 is 1.10 bits per heavy atom. The average Bonchev–Trinajstić information content (AvgIpc) is 2.07. The fraction of sp³-hybridized carbons (Fsp3) is 0.750. The second kappa shape index (κ2) is 6.86. The largest absolute Gasteiger partial charge is 0.465 e. The molecule has 0 aliphatic carbocycles. The van der Waals surface area contributed by atoms with Gasteiger partial charge in [-0.25, -0.2) is 9.59 Å². The van der Waals surface area contributed by atoms with Crippen LogP contribution in [0, 0.1) is 0 Å². The molecule has 0 radical (unpaired) electrons. The first-order valence-electron chi connectivity index (χ1n) is 4.83. The van der Waals surface area contributed by atoms with Crippen molar-refractivity contribution in [3.63, 3.8) is 0 Å². The van der Waals surface area contributed by atoms with Gasteiger partial charge in [0.25, 0.3) is 6.10 Å². The molecule has 20 heavy (non-hydrogen) atoms. The predicted octanol–water partition coefficient (Wildman–Crippen LogP) is 3.23. The number of alkyl halides is 6. The highest BCUT2D eigenvalue weighted by molar-refractivity contribution is 6.61. The molecule has 1 aliphatic rings. The van der Waals surface area contributed by atoms with Crippen LogP contribution in [0.5, 0.6) is 0 Å². The standard InChI is InChI=1S/C4HClF6O2.C4H7NO2/c5-2(12)13-1(3(6,7)8)4(9,10)11;6-4(7)5-2-1-3-5/h1H;1-3H2,(H,6,7). The van der Waals surface area contributed by atoms with Crippen LogP contribution in [-0.4, -0.2) is 53.1 Å². The Labute approximate surface area is 113 Å². The minimum atomic E-state index is -5.72.